The number of hydrogen-bond acceptors (Lipinski definition) is 28. The van der Waals surface area contributed by atoms with Crippen LogP contribution < -0.4 is 56.5 Å². The quantitative estimate of drug-likeness (QED) is 0.0399. The van der Waals surface area contributed by atoms with Crippen LogP contribution in [0.15, 0.2) is 0 Å². The molecular formula is C47H90N10O20. The fourth-order valence-corrected chi connectivity index (χ4v) is 10.9. The van der Waals surface area contributed by atoms with Crippen molar-refractivity contribution in [3.05, 3.63) is 0 Å². The number of hydrogen-bond donors (Lipinski definition) is 20. The molecule has 0 aromatic heterocycles. The second-order valence-corrected chi connectivity index (χ2v) is 21.7. The number of ether oxygens (including phenoxy) is 8. The number of unbranched alkanes of at least 4 members (excludes halogenated alkanes) is 6. The first-order valence-corrected chi connectivity index (χ1v) is 27.0. The molecule has 30 heteroatoms. The minimum Gasteiger partial charge on any atom is -0.394 e. The fourth-order valence-electron chi connectivity index (χ4n) is 10.9. The molecule has 6 rings (SSSR count). The van der Waals surface area contributed by atoms with Crippen LogP contribution in [0.2, 0.25) is 0 Å². The lowest BCUT2D eigenvalue weighted by Crippen LogP contribution is -2.68. The summed E-state index contributed by atoms with van der Waals surface area (Å²) in [6, 6.07) is -7.40. The summed E-state index contributed by atoms with van der Waals surface area (Å²) < 4.78 is 47.0. The lowest BCUT2D eigenvalue weighted by Gasteiger charge is -2.47. The van der Waals surface area contributed by atoms with Gasteiger partial charge in [0.1, 0.15) is 85.5 Å². The van der Waals surface area contributed by atoms with Crippen molar-refractivity contribution in [3.63, 3.8) is 0 Å². The van der Waals surface area contributed by atoms with Gasteiger partial charge in [-0.15, -0.1) is 0 Å². The third-order valence-electron chi connectivity index (χ3n) is 15.7. The predicted octanol–water partition coefficient (Wildman–Crippen LogP) is -9.75. The van der Waals surface area contributed by atoms with Crippen LogP contribution in [0.4, 0.5) is 0 Å². The monoisotopic (exact) mass is 1110 g/mol. The molecule has 30 nitrogen and oxygen atoms in total. The molecule has 28 unspecified atom stereocenters. The van der Waals surface area contributed by atoms with Gasteiger partial charge >= 0.3 is 0 Å². The minimum absolute atomic E-state index is 0.0418. The summed E-state index contributed by atoms with van der Waals surface area (Å²) in [7, 11) is 0. The Morgan fingerprint density at radius 3 is 1.01 bits per heavy atom. The maximum absolute atomic E-state index is 12.8. The van der Waals surface area contributed by atoms with E-state index in [1.807, 2.05) is 0 Å². The molecule has 4 saturated heterocycles. The van der Waals surface area contributed by atoms with Crippen molar-refractivity contribution < 1.29 is 98.5 Å². The van der Waals surface area contributed by atoms with E-state index in [1.165, 1.54) is 0 Å². The maximum atomic E-state index is 12.8. The zero-order valence-corrected chi connectivity index (χ0v) is 43.4. The van der Waals surface area contributed by atoms with Crippen molar-refractivity contribution in [3.8, 4) is 0 Å². The largest absolute Gasteiger partial charge is 0.394 e. The van der Waals surface area contributed by atoms with Crippen LogP contribution in [0, 0.1) is 0 Å². The Kier molecular flexibility index (Phi) is 24.8. The molecule has 2 saturated carbocycles. The van der Waals surface area contributed by atoms with Crippen molar-refractivity contribution in [2.24, 2.45) is 45.9 Å². The Morgan fingerprint density at radius 2 is 0.688 bits per heavy atom. The van der Waals surface area contributed by atoms with E-state index in [4.69, 9.17) is 83.8 Å². The summed E-state index contributed by atoms with van der Waals surface area (Å²) in [6.07, 6.45) is -18.5. The van der Waals surface area contributed by atoms with E-state index in [-0.39, 0.29) is 63.4 Å². The van der Waals surface area contributed by atoms with Gasteiger partial charge in [-0.2, -0.15) is 0 Å². The van der Waals surface area contributed by atoms with Gasteiger partial charge in [-0.25, -0.2) is 0 Å². The van der Waals surface area contributed by atoms with Crippen molar-refractivity contribution >= 4 is 11.8 Å². The normalized spacial score (nSPS) is 45.8. The Labute approximate surface area is 446 Å². The number of rotatable bonds is 24. The van der Waals surface area contributed by atoms with Crippen molar-refractivity contribution in [1.29, 1.82) is 0 Å². The van der Waals surface area contributed by atoms with Crippen LogP contribution in [-0.4, -0.2) is 260 Å². The fraction of sp³-hybridized carbons (Fsp3) is 0.957. The van der Waals surface area contributed by atoms with E-state index in [0.717, 1.165) is 32.1 Å². The molecule has 2 amide bonds. The lowest BCUT2D eigenvalue weighted by molar-refractivity contribution is -0.315. The highest BCUT2D eigenvalue weighted by molar-refractivity contribution is 5.76. The molecule has 4 aliphatic heterocycles. The van der Waals surface area contributed by atoms with E-state index >= 15 is 0 Å². The number of aliphatic hydroxyl groups excluding tert-OH is 10. The Bertz CT molecular complexity index is 1680. The van der Waals surface area contributed by atoms with Gasteiger partial charge < -0.3 is 145 Å². The zero-order chi connectivity index (χ0) is 56.4. The summed E-state index contributed by atoms with van der Waals surface area (Å²) >= 11 is 0. The molecule has 28 N–H and O–H groups in total. The number of nitrogens with two attached hydrogens (primary N) is 8. The molecule has 0 spiro atoms. The third-order valence-corrected chi connectivity index (χ3v) is 15.7. The van der Waals surface area contributed by atoms with Gasteiger partial charge in [-0.1, -0.05) is 32.1 Å². The molecule has 0 radical (unpaired) electrons. The highest BCUT2D eigenvalue weighted by Gasteiger charge is 2.52. The average Bonchev–Trinajstić information content (AvgIpc) is 3.38. The van der Waals surface area contributed by atoms with E-state index in [0.29, 0.717) is 12.8 Å². The van der Waals surface area contributed by atoms with Gasteiger partial charge in [0.2, 0.25) is 11.8 Å². The standard InChI is InChI=1S/C47H90N10O20/c48-18-10-20(50)42(76-46-36(66)32(54)34(64)28(16-58)72-46)38(68)40(18)74-44-22(52)12-24(60)26(70-44)14-56-30(62)8-6-4-2-1-3-5-7-9-31(63)57-15-27-25(61)13-23(53)45(71-27)75-41-19(49)11-21(51)43(39(41)69)77-47-37(67)33(55)35(65)29(17-59)73-47/h18-29,32-47,58-61,64-69H,1-17,48-55H2,(H,56,62)(H,57,63). The van der Waals surface area contributed by atoms with Crippen LogP contribution in [-0.2, 0) is 47.5 Å². The highest BCUT2D eigenvalue weighted by Crippen LogP contribution is 2.33. The summed E-state index contributed by atoms with van der Waals surface area (Å²) in [5, 5.41) is 111. The first-order valence-electron chi connectivity index (χ1n) is 27.0. The average molecular weight is 1120 g/mol. The van der Waals surface area contributed by atoms with Crippen LogP contribution in [0.3, 0.4) is 0 Å². The van der Waals surface area contributed by atoms with Gasteiger partial charge in [0.05, 0.1) is 49.6 Å². The predicted molar refractivity (Wildman–Crippen MR) is 266 cm³/mol. The van der Waals surface area contributed by atoms with Crippen molar-refractivity contribution in [2.45, 2.75) is 255 Å². The molecule has 6 fully saturated rings. The minimum atomic E-state index is -1.52. The Balaban J connectivity index is 0.829. The highest BCUT2D eigenvalue weighted by atomic mass is 16.7. The lowest BCUT2D eigenvalue weighted by atomic mass is 9.84. The van der Waals surface area contributed by atoms with E-state index in [1.54, 1.807) is 0 Å². The number of carbonyl (C=O) groups excluding carboxylic acids is 2. The molecule has 28 atom stereocenters. The molecule has 4 heterocycles. The van der Waals surface area contributed by atoms with Gasteiger partial charge in [0.15, 0.2) is 25.2 Å². The second-order valence-electron chi connectivity index (χ2n) is 21.7. The third kappa shape index (κ3) is 16.6. The molecule has 2 aliphatic carbocycles. The summed E-state index contributed by atoms with van der Waals surface area (Å²) in [5.74, 6) is -0.482. The van der Waals surface area contributed by atoms with Gasteiger partial charge in [0.25, 0.3) is 0 Å². The molecule has 0 aromatic rings. The smallest absolute Gasteiger partial charge is 0.220 e. The van der Waals surface area contributed by atoms with E-state index in [2.05, 4.69) is 10.6 Å². The van der Waals surface area contributed by atoms with Crippen LogP contribution in [0.5, 0.6) is 0 Å². The number of nitrogens with one attached hydrogen (secondary N) is 2. The first-order chi connectivity index (χ1) is 36.5. The van der Waals surface area contributed by atoms with Crippen molar-refractivity contribution in [1.82, 2.24) is 10.6 Å². The van der Waals surface area contributed by atoms with Gasteiger partial charge in [-0.05, 0) is 38.5 Å². The Hall–Kier alpha value is -2.10. The van der Waals surface area contributed by atoms with E-state index < -0.39 is 184 Å². The number of amides is 2. The molecule has 0 aromatic carbocycles. The molecule has 0 bridgehead atoms. The molecular weight excluding hydrogens is 1020 g/mol. The topological polar surface area (TPSA) is 543 Å². The van der Waals surface area contributed by atoms with Crippen molar-refractivity contribution in [2.75, 3.05) is 26.3 Å². The number of aliphatic hydroxyl groups is 10. The Morgan fingerprint density at radius 1 is 0.390 bits per heavy atom. The number of carbonyl (C=O) groups is 2. The molecule has 6 aliphatic rings. The summed E-state index contributed by atoms with van der Waals surface area (Å²) in [4.78, 5) is 25.5. The second kappa shape index (κ2) is 29.7. The van der Waals surface area contributed by atoms with Gasteiger partial charge in [0, 0.05) is 50.1 Å². The van der Waals surface area contributed by atoms with Crippen LogP contribution >= 0.6 is 0 Å². The summed E-state index contributed by atoms with van der Waals surface area (Å²) in [5.41, 5.74) is 49.7. The van der Waals surface area contributed by atoms with Crippen LogP contribution in [0.25, 0.3) is 0 Å². The van der Waals surface area contributed by atoms with Crippen LogP contribution in [0.1, 0.15) is 83.5 Å². The van der Waals surface area contributed by atoms with Gasteiger partial charge in [-0.3, -0.25) is 9.59 Å². The van der Waals surface area contributed by atoms with E-state index in [9.17, 15) is 60.7 Å². The SMILES string of the molecule is NC1CC(O)C(CNC(=O)CCCCCCCCCC(=O)NCC2OC(OC3C(N)CC(N)C(OC4OC(CO)C(O)C(N)C4O)C3O)C(N)CC2O)OC1OC1C(N)CC(N)C(OC2OC(CO)C(O)C(N)C2O)C1O. The molecule has 448 valence electrons. The maximum Gasteiger partial charge on any atom is 0.220 e. The zero-order valence-electron chi connectivity index (χ0n) is 43.4. The summed E-state index contributed by atoms with van der Waals surface area (Å²) in [6.45, 7) is -1.30. The molecule has 77 heavy (non-hydrogen) atoms. The first kappa shape index (κ1) is 64.1.